The summed E-state index contributed by atoms with van der Waals surface area (Å²) in [6, 6.07) is 0.678. The third kappa shape index (κ3) is 4.40. The van der Waals surface area contributed by atoms with Crippen molar-refractivity contribution in [2.45, 2.75) is 45.6 Å². The molecule has 0 radical (unpaired) electrons. The molecule has 0 aromatic carbocycles. The zero-order valence-corrected chi connectivity index (χ0v) is 11.9. The summed E-state index contributed by atoms with van der Waals surface area (Å²) in [4.78, 5) is 16.0. The molecule has 0 saturated carbocycles. The maximum absolute atomic E-state index is 11.2. The first kappa shape index (κ1) is 14.7. The quantitative estimate of drug-likeness (QED) is 0.636. The molecule has 1 aliphatic heterocycles. The number of hydrogen-bond acceptors (Lipinski definition) is 3. The predicted molar refractivity (Wildman–Crippen MR) is 72.2 cm³/mol. The minimum Gasteiger partial charge on any atom is -0.304 e. The van der Waals surface area contributed by atoms with E-state index < -0.39 is 0 Å². The van der Waals surface area contributed by atoms with Crippen molar-refractivity contribution in [2.24, 2.45) is 5.41 Å². The van der Waals surface area contributed by atoms with Gasteiger partial charge in [0.1, 0.15) is 6.29 Å². The topological polar surface area (TPSA) is 23.6 Å². The highest BCUT2D eigenvalue weighted by atomic mass is 16.1. The second-order valence-electron chi connectivity index (χ2n) is 6.00. The monoisotopic (exact) mass is 240 g/mol. The average Bonchev–Trinajstić information content (AvgIpc) is 2.64. The van der Waals surface area contributed by atoms with E-state index in [1.165, 1.54) is 19.4 Å². The summed E-state index contributed by atoms with van der Waals surface area (Å²) in [6.07, 6.45) is 5.82. The maximum atomic E-state index is 11.2. The largest absolute Gasteiger partial charge is 0.304 e. The van der Waals surface area contributed by atoms with E-state index in [1.54, 1.807) is 0 Å². The SMILES string of the molecule is CCCC(C)(C=O)CN(C)CC1CCCN1C. The van der Waals surface area contributed by atoms with Crippen molar-refractivity contribution in [3.05, 3.63) is 0 Å². The standard InChI is InChI=1S/C14H28N2O/c1-5-8-14(2,12-17)11-15(3)10-13-7-6-9-16(13)4/h12-13H,5-11H2,1-4H3. The molecule has 0 aromatic rings. The lowest BCUT2D eigenvalue weighted by molar-refractivity contribution is -0.116. The summed E-state index contributed by atoms with van der Waals surface area (Å²) in [5.74, 6) is 0. The number of likely N-dealkylation sites (N-methyl/N-ethyl adjacent to an activating group) is 2. The molecular weight excluding hydrogens is 212 g/mol. The van der Waals surface area contributed by atoms with Gasteiger partial charge in [-0.3, -0.25) is 0 Å². The van der Waals surface area contributed by atoms with E-state index in [0.29, 0.717) is 6.04 Å². The van der Waals surface area contributed by atoms with Crippen molar-refractivity contribution in [3.63, 3.8) is 0 Å². The Morgan fingerprint density at radius 3 is 2.71 bits per heavy atom. The van der Waals surface area contributed by atoms with Crippen LogP contribution in [-0.4, -0.2) is 55.9 Å². The number of hydrogen-bond donors (Lipinski definition) is 0. The summed E-state index contributed by atoms with van der Waals surface area (Å²) in [6.45, 7) is 7.42. The number of rotatable bonds is 7. The van der Waals surface area contributed by atoms with Crippen LogP contribution in [0, 0.1) is 5.41 Å². The zero-order chi connectivity index (χ0) is 12.9. The molecule has 1 heterocycles. The lowest BCUT2D eigenvalue weighted by Crippen LogP contribution is -2.41. The van der Waals surface area contributed by atoms with Gasteiger partial charge in [-0.1, -0.05) is 20.3 Å². The fourth-order valence-electron chi connectivity index (χ4n) is 3.00. The highest BCUT2D eigenvalue weighted by Gasteiger charge is 2.27. The predicted octanol–water partition coefficient (Wildman–Crippen LogP) is 2.02. The summed E-state index contributed by atoms with van der Waals surface area (Å²) < 4.78 is 0. The summed E-state index contributed by atoms with van der Waals surface area (Å²) >= 11 is 0. The van der Waals surface area contributed by atoms with Crippen molar-refractivity contribution in [2.75, 3.05) is 33.7 Å². The van der Waals surface area contributed by atoms with Gasteiger partial charge in [-0.05, 0) is 39.9 Å². The molecule has 1 fully saturated rings. The maximum Gasteiger partial charge on any atom is 0.127 e. The molecule has 1 saturated heterocycles. The highest BCUT2D eigenvalue weighted by Crippen LogP contribution is 2.23. The molecule has 100 valence electrons. The molecule has 17 heavy (non-hydrogen) atoms. The van der Waals surface area contributed by atoms with Gasteiger partial charge in [0.15, 0.2) is 0 Å². The van der Waals surface area contributed by atoms with E-state index in [1.807, 2.05) is 0 Å². The Morgan fingerprint density at radius 2 is 2.24 bits per heavy atom. The third-order valence-corrected chi connectivity index (χ3v) is 3.93. The van der Waals surface area contributed by atoms with Crippen molar-refractivity contribution in [1.82, 2.24) is 9.80 Å². The molecule has 1 rings (SSSR count). The van der Waals surface area contributed by atoms with Crippen LogP contribution in [0.3, 0.4) is 0 Å². The van der Waals surface area contributed by atoms with Gasteiger partial charge in [0.2, 0.25) is 0 Å². The number of likely N-dealkylation sites (tertiary alicyclic amines) is 1. The van der Waals surface area contributed by atoms with Crippen molar-refractivity contribution < 1.29 is 4.79 Å². The van der Waals surface area contributed by atoms with E-state index in [-0.39, 0.29) is 5.41 Å². The van der Waals surface area contributed by atoms with Crippen LogP contribution in [0.15, 0.2) is 0 Å². The molecule has 0 bridgehead atoms. The van der Waals surface area contributed by atoms with Gasteiger partial charge in [-0.2, -0.15) is 0 Å². The van der Waals surface area contributed by atoms with Gasteiger partial charge in [0.25, 0.3) is 0 Å². The lowest BCUT2D eigenvalue weighted by Gasteiger charge is -2.32. The Kier molecular flexibility index (Phi) is 5.60. The molecule has 2 unspecified atom stereocenters. The van der Waals surface area contributed by atoms with Gasteiger partial charge in [-0.25, -0.2) is 0 Å². The van der Waals surface area contributed by atoms with Gasteiger partial charge in [-0.15, -0.1) is 0 Å². The van der Waals surface area contributed by atoms with Crippen LogP contribution < -0.4 is 0 Å². The first-order valence-electron chi connectivity index (χ1n) is 6.86. The van der Waals surface area contributed by atoms with Gasteiger partial charge in [0, 0.05) is 24.5 Å². The molecule has 0 N–H and O–H groups in total. The molecule has 1 aliphatic rings. The fourth-order valence-corrected chi connectivity index (χ4v) is 3.00. The van der Waals surface area contributed by atoms with Gasteiger partial charge < -0.3 is 14.6 Å². The lowest BCUT2D eigenvalue weighted by atomic mass is 9.87. The van der Waals surface area contributed by atoms with Crippen LogP contribution in [0.25, 0.3) is 0 Å². The van der Waals surface area contributed by atoms with Crippen LogP contribution in [0.4, 0.5) is 0 Å². The van der Waals surface area contributed by atoms with E-state index >= 15 is 0 Å². The van der Waals surface area contributed by atoms with Crippen LogP contribution >= 0.6 is 0 Å². The summed E-state index contributed by atoms with van der Waals surface area (Å²) in [5, 5.41) is 0. The second-order valence-corrected chi connectivity index (χ2v) is 6.00. The zero-order valence-electron chi connectivity index (χ0n) is 11.9. The van der Waals surface area contributed by atoms with E-state index in [4.69, 9.17) is 0 Å². The number of nitrogens with zero attached hydrogens (tertiary/aromatic N) is 2. The molecule has 3 heteroatoms. The third-order valence-electron chi connectivity index (χ3n) is 3.93. The number of carbonyl (C=O) groups is 1. The molecule has 0 aromatic heterocycles. The highest BCUT2D eigenvalue weighted by molar-refractivity contribution is 5.58. The van der Waals surface area contributed by atoms with E-state index in [2.05, 4.69) is 37.7 Å². The van der Waals surface area contributed by atoms with E-state index in [0.717, 1.165) is 32.2 Å². The average molecular weight is 240 g/mol. The molecule has 2 atom stereocenters. The Bertz CT molecular complexity index is 244. The van der Waals surface area contributed by atoms with Crippen molar-refractivity contribution in [1.29, 1.82) is 0 Å². The van der Waals surface area contributed by atoms with Crippen LogP contribution in [0.5, 0.6) is 0 Å². The summed E-state index contributed by atoms with van der Waals surface area (Å²) in [5.41, 5.74) is -0.166. The molecule has 0 aliphatic carbocycles. The van der Waals surface area contributed by atoms with Crippen LogP contribution in [-0.2, 0) is 4.79 Å². The van der Waals surface area contributed by atoms with Crippen molar-refractivity contribution in [3.8, 4) is 0 Å². The van der Waals surface area contributed by atoms with Gasteiger partial charge in [0.05, 0.1) is 0 Å². The Balaban J connectivity index is 2.41. The van der Waals surface area contributed by atoms with Gasteiger partial charge >= 0.3 is 0 Å². The minimum atomic E-state index is -0.166. The smallest absolute Gasteiger partial charge is 0.127 e. The number of aldehydes is 1. The Labute approximate surface area is 106 Å². The first-order valence-corrected chi connectivity index (χ1v) is 6.86. The minimum absolute atomic E-state index is 0.166. The molecule has 0 spiro atoms. The second kappa shape index (κ2) is 6.50. The molecule has 3 nitrogen and oxygen atoms in total. The molecule has 0 amide bonds. The Hall–Kier alpha value is -0.410. The fraction of sp³-hybridized carbons (Fsp3) is 0.929. The Morgan fingerprint density at radius 1 is 1.53 bits per heavy atom. The van der Waals surface area contributed by atoms with Crippen molar-refractivity contribution >= 4 is 6.29 Å². The first-order chi connectivity index (χ1) is 8.00. The van der Waals surface area contributed by atoms with E-state index in [9.17, 15) is 4.79 Å². The summed E-state index contributed by atoms with van der Waals surface area (Å²) in [7, 11) is 4.35. The molecular formula is C14H28N2O. The number of carbonyl (C=O) groups excluding carboxylic acids is 1. The van der Waals surface area contributed by atoms with Crippen LogP contribution in [0.1, 0.15) is 39.5 Å². The normalized spacial score (nSPS) is 25.1. The van der Waals surface area contributed by atoms with Crippen LogP contribution in [0.2, 0.25) is 0 Å².